The van der Waals surface area contributed by atoms with Crippen LogP contribution in [0.15, 0.2) is 30.5 Å². The molecule has 1 aromatic rings. The summed E-state index contributed by atoms with van der Waals surface area (Å²) in [5, 5.41) is 10.1. The summed E-state index contributed by atoms with van der Waals surface area (Å²) in [6, 6.07) is 6.53. The molecule has 0 radical (unpaired) electrons. The van der Waals surface area contributed by atoms with Gasteiger partial charge in [0.05, 0.1) is 6.54 Å². The minimum absolute atomic E-state index is 0.111. The highest BCUT2D eigenvalue weighted by Gasteiger charge is 2.18. The molecule has 1 aromatic carbocycles. The largest absolute Gasteiger partial charge is 0.480 e. The number of nitrogens with zero attached hydrogens (tertiary/aromatic N) is 1. The van der Waals surface area contributed by atoms with Crippen molar-refractivity contribution in [3.63, 3.8) is 0 Å². The van der Waals surface area contributed by atoms with Crippen molar-refractivity contribution < 1.29 is 14.7 Å². The van der Waals surface area contributed by atoms with E-state index in [1.54, 1.807) is 6.20 Å². The van der Waals surface area contributed by atoms with Crippen LogP contribution < -0.4 is 10.6 Å². The van der Waals surface area contributed by atoms with Crippen molar-refractivity contribution in [1.82, 2.24) is 5.06 Å². The SMILES string of the molecule is N[C@@H](CN1C=Cc2ccccc2O1)C(=O)O. The first kappa shape index (κ1) is 10.5. The van der Waals surface area contributed by atoms with Gasteiger partial charge in [-0.15, -0.1) is 0 Å². The minimum Gasteiger partial charge on any atom is -0.480 e. The van der Waals surface area contributed by atoms with Crippen LogP contribution >= 0.6 is 0 Å². The third kappa shape index (κ3) is 2.14. The first-order chi connectivity index (χ1) is 7.66. The molecule has 0 amide bonds. The summed E-state index contributed by atoms with van der Waals surface area (Å²) in [5.74, 6) is -0.349. The van der Waals surface area contributed by atoms with E-state index in [0.717, 1.165) is 5.56 Å². The highest BCUT2D eigenvalue weighted by Crippen LogP contribution is 2.24. The Hall–Kier alpha value is -2.01. The summed E-state index contributed by atoms with van der Waals surface area (Å²) < 4.78 is 0. The van der Waals surface area contributed by atoms with Gasteiger partial charge in [-0.2, -0.15) is 0 Å². The fourth-order valence-corrected chi connectivity index (χ4v) is 1.39. The number of hydrogen-bond donors (Lipinski definition) is 2. The van der Waals surface area contributed by atoms with Crippen LogP contribution in [-0.4, -0.2) is 28.7 Å². The van der Waals surface area contributed by atoms with Gasteiger partial charge in [0.25, 0.3) is 0 Å². The molecule has 0 aliphatic carbocycles. The van der Waals surface area contributed by atoms with Crippen molar-refractivity contribution in [3.8, 4) is 5.75 Å². The summed E-state index contributed by atoms with van der Waals surface area (Å²) in [4.78, 5) is 16.0. The van der Waals surface area contributed by atoms with Crippen LogP contribution in [-0.2, 0) is 4.79 Å². The van der Waals surface area contributed by atoms with Crippen LogP contribution in [0, 0.1) is 0 Å². The number of rotatable bonds is 3. The molecular weight excluding hydrogens is 208 g/mol. The Morgan fingerprint density at radius 1 is 1.50 bits per heavy atom. The monoisotopic (exact) mass is 220 g/mol. The summed E-state index contributed by atoms with van der Waals surface area (Å²) >= 11 is 0. The predicted molar refractivity (Wildman–Crippen MR) is 58.4 cm³/mol. The van der Waals surface area contributed by atoms with Gasteiger partial charge in [-0.3, -0.25) is 4.79 Å². The van der Waals surface area contributed by atoms with Crippen LogP contribution in [0.25, 0.3) is 6.08 Å². The summed E-state index contributed by atoms with van der Waals surface area (Å²) in [6.45, 7) is 0.111. The Balaban J connectivity index is 2.06. The molecule has 0 spiro atoms. The molecule has 5 nitrogen and oxygen atoms in total. The number of carbonyl (C=O) groups is 1. The zero-order valence-electron chi connectivity index (χ0n) is 8.54. The number of aliphatic carboxylic acids is 1. The molecule has 16 heavy (non-hydrogen) atoms. The molecule has 1 atom stereocenters. The van der Waals surface area contributed by atoms with Crippen LogP contribution in [0.5, 0.6) is 5.75 Å². The van der Waals surface area contributed by atoms with E-state index in [9.17, 15) is 4.79 Å². The van der Waals surface area contributed by atoms with E-state index in [1.165, 1.54) is 5.06 Å². The summed E-state index contributed by atoms with van der Waals surface area (Å²) in [5.41, 5.74) is 6.37. The van der Waals surface area contributed by atoms with Crippen molar-refractivity contribution in [1.29, 1.82) is 0 Å². The summed E-state index contributed by atoms with van der Waals surface area (Å²) in [7, 11) is 0. The number of carboxylic acids is 1. The van der Waals surface area contributed by atoms with Crippen molar-refractivity contribution >= 4 is 12.0 Å². The zero-order chi connectivity index (χ0) is 11.5. The topological polar surface area (TPSA) is 75.8 Å². The van der Waals surface area contributed by atoms with E-state index < -0.39 is 12.0 Å². The Morgan fingerprint density at radius 3 is 3.00 bits per heavy atom. The van der Waals surface area contributed by atoms with Gasteiger partial charge in [0.2, 0.25) is 0 Å². The number of hydroxylamine groups is 2. The molecule has 2 rings (SSSR count). The lowest BCUT2D eigenvalue weighted by Gasteiger charge is -2.26. The third-order valence-corrected chi connectivity index (χ3v) is 2.25. The molecule has 0 saturated heterocycles. The smallest absolute Gasteiger partial charge is 0.322 e. The molecule has 0 unspecified atom stereocenters. The van der Waals surface area contributed by atoms with E-state index in [1.807, 2.05) is 30.3 Å². The van der Waals surface area contributed by atoms with Gasteiger partial charge in [0, 0.05) is 11.8 Å². The van der Waals surface area contributed by atoms with E-state index in [0.29, 0.717) is 5.75 Å². The fraction of sp³-hybridized carbons (Fsp3) is 0.182. The van der Waals surface area contributed by atoms with Crippen molar-refractivity contribution in [2.24, 2.45) is 5.73 Å². The normalized spacial score (nSPS) is 15.2. The third-order valence-electron chi connectivity index (χ3n) is 2.25. The summed E-state index contributed by atoms with van der Waals surface area (Å²) in [6.07, 6.45) is 3.53. The maximum absolute atomic E-state index is 10.6. The molecule has 3 N–H and O–H groups in total. The van der Waals surface area contributed by atoms with Gasteiger partial charge in [0.1, 0.15) is 6.04 Å². The van der Waals surface area contributed by atoms with Crippen LogP contribution in [0.2, 0.25) is 0 Å². The van der Waals surface area contributed by atoms with Crippen molar-refractivity contribution in [3.05, 3.63) is 36.0 Å². The Morgan fingerprint density at radius 2 is 2.25 bits per heavy atom. The number of fused-ring (bicyclic) bond motifs is 1. The van der Waals surface area contributed by atoms with Crippen molar-refractivity contribution in [2.45, 2.75) is 6.04 Å². The Kier molecular flexibility index (Phi) is 2.78. The molecule has 5 heteroatoms. The lowest BCUT2D eigenvalue weighted by Crippen LogP contribution is -2.42. The lowest BCUT2D eigenvalue weighted by molar-refractivity contribution is -0.140. The quantitative estimate of drug-likeness (QED) is 0.783. The van der Waals surface area contributed by atoms with Crippen molar-refractivity contribution in [2.75, 3.05) is 6.54 Å². The maximum Gasteiger partial charge on any atom is 0.322 e. The van der Waals surface area contributed by atoms with E-state index in [-0.39, 0.29) is 6.54 Å². The average molecular weight is 220 g/mol. The first-order valence-electron chi connectivity index (χ1n) is 4.87. The van der Waals surface area contributed by atoms with Gasteiger partial charge >= 0.3 is 5.97 Å². The number of carboxylic acid groups (broad SMARTS) is 1. The minimum atomic E-state index is -1.05. The predicted octanol–water partition coefficient (Wildman–Crippen LogP) is 0.679. The second kappa shape index (κ2) is 4.24. The second-order valence-corrected chi connectivity index (χ2v) is 3.49. The van der Waals surface area contributed by atoms with Crippen LogP contribution in [0.1, 0.15) is 5.56 Å². The highest BCUT2D eigenvalue weighted by molar-refractivity contribution is 5.73. The molecular formula is C11H12N2O3. The molecule has 0 bridgehead atoms. The average Bonchev–Trinajstić information content (AvgIpc) is 2.28. The first-order valence-corrected chi connectivity index (χ1v) is 4.87. The number of nitrogens with two attached hydrogens (primary N) is 1. The van der Waals surface area contributed by atoms with E-state index >= 15 is 0 Å². The standard InChI is InChI=1S/C11H12N2O3/c12-9(11(14)15)7-13-6-5-8-3-1-2-4-10(8)16-13/h1-6,9H,7,12H2,(H,14,15)/t9-/m0/s1. The molecule has 1 aliphatic rings. The molecule has 1 aliphatic heterocycles. The van der Waals surface area contributed by atoms with Gasteiger partial charge < -0.3 is 15.7 Å². The zero-order valence-corrected chi connectivity index (χ0v) is 8.54. The molecule has 84 valence electrons. The van der Waals surface area contributed by atoms with Gasteiger partial charge in [-0.05, 0) is 12.1 Å². The Labute approximate surface area is 92.7 Å². The lowest BCUT2D eigenvalue weighted by atomic mass is 10.2. The maximum atomic E-state index is 10.6. The molecule has 1 heterocycles. The van der Waals surface area contributed by atoms with Gasteiger partial charge in [-0.1, -0.05) is 18.2 Å². The highest BCUT2D eigenvalue weighted by atomic mass is 16.7. The molecule has 0 aromatic heterocycles. The van der Waals surface area contributed by atoms with Crippen LogP contribution in [0.4, 0.5) is 0 Å². The fourth-order valence-electron chi connectivity index (χ4n) is 1.39. The Bertz CT molecular complexity index is 431. The molecule has 0 saturated carbocycles. The number of para-hydroxylation sites is 1. The second-order valence-electron chi connectivity index (χ2n) is 3.49. The van der Waals surface area contributed by atoms with E-state index in [4.69, 9.17) is 15.7 Å². The number of hydrogen-bond acceptors (Lipinski definition) is 4. The van der Waals surface area contributed by atoms with E-state index in [2.05, 4.69) is 0 Å². The number of benzene rings is 1. The molecule has 0 fully saturated rings. The van der Waals surface area contributed by atoms with Gasteiger partial charge in [0.15, 0.2) is 5.75 Å². The van der Waals surface area contributed by atoms with Gasteiger partial charge in [-0.25, -0.2) is 5.06 Å². The van der Waals surface area contributed by atoms with Crippen LogP contribution in [0.3, 0.4) is 0 Å².